The van der Waals surface area contributed by atoms with Crippen LogP contribution in [0.3, 0.4) is 0 Å². The first-order valence-electron chi connectivity index (χ1n) is 6.70. The molecule has 7 heteroatoms. The molecule has 1 amide bonds. The van der Waals surface area contributed by atoms with E-state index < -0.39 is 18.0 Å². The Balaban J connectivity index is 1.91. The molecule has 0 saturated heterocycles. The number of anilines is 1. The second-order valence-corrected chi connectivity index (χ2v) is 4.47. The van der Waals surface area contributed by atoms with Gasteiger partial charge < -0.3 is 24.3 Å². The Morgan fingerprint density at radius 2 is 2.14 bits per heavy atom. The molecule has 1 atom stereocenters. The van der Waals surface area contributed by atoms with Gasteiger partial charge in [-0.05, 0) is 19.1 Å². The molecule has 0 aliphatic carbocycles. The number of hydrogen-bond donors (Lipinski definition) is 1. The summed E-state index contributed by atoms with van der Waals surface area (Å²) in [4.78, 5) is 23.8. The van der Waals surface area contributed by atoms with E-state index in [1.807, 2.05) is 0 Å². The van der Waals surface area contributed by atoms with E-state index in [4.69, 9.17) is 18.9 Å². The number of rotatable bonds is 5. The quantitative estimate of drug-likeness (QED) is 0.829. The number of esters is 1. The molecule has 0 spiro atoms. The smallest absolute Gasteiger partial charge is 0.377 e. The first-order chi connectivity index (χ1) is 10.6. The second kappa shape index (κ2) is 7.35. The van der Waals surface area contributed by atoms with Gasteiger partial charge in [0.15, 0.2) is 6.10 Å². The van der Waals surface area contributed by atoms with Gasteiger partial charge in [0.25, 0.3) is 5.91 Å². The van der Waals surface area contributed by atoms with E-state index >= 15 is 0 Å². The van der Waals surface area contributed by atoms with Gasteiger partial charge in [-0.25, -0.2) is 4.79 Å². The summed E-state index contributed by atoms with van der Waals surface area (Å²) in [6.07, 6.45) is 0.198. The monoisotopic (exact) mass is 307 g/mol. The van der Waals surface area contributed by atoms with Gasteiger partial charge in [-0.15, -0.1) is 0 Å². The van der Waals surface area contributed by atoms with Gasteiger partial charge in [-0.3, -0.25) is 4.79 Å². The average Bonchev–Trinajstić information content (AvgIpc) is 2.55. The van der Waals surface area contributed by atoms with Gasteiger partial charge in [0.1, 0.15) is 25.2 Å². The fourth-order valence-corrected chi connectivity index (χ4v) is 1.69. The average molecular weight is 307 g/mol. The molecule has 118 valence electrons. The minimum absolute atomic E-state index is 0.0488. The maximum Gasteiger partial charge on any atom is 0.377 e. The van der Waals surface area contributed by atoms with Crippen molar-refractivity contribution in [1.82, 2.24) is 0 Å². The lowest BCUT2D eigenvalue weighted by Crippen LogP contribution is -2.31. The second-order valence-electron chi connectivity index (χ2n) is 4.47. The molecule has 1 aliphatic rings. The summed E-state index contributed by atoms with van der Waals surface area (Å²) in [5, 5.41) is 2.64. The highest BCUT2D eigenvalue weighted by atomic mass is 16.6. The molecule has 0 aromatic heterocycles. The minimum atomic E-state index is -0.981. The molecule has 1 aromatic carbocycles. The summed E-state index contributed by atoms with van der Waals surface area (Å²) in [5.41, 5.74) is 0.545. The van der Waals surface area contributed by atoms with Crippen molar-refractivity contribution < 1.29 is 28.5 Å². The summed E-state index contributed by atoms with van der Waals surface area (Å²) < 4.78 is 20.1. The Hall–Kier alpha value is -2.70. The first kappa shape index (κ1) is 15.7. The Morgan fingerprint density at radius 3 is 2.82 bits per heavy atom. The van der Waals surface area contributed by atoms with Gasteiger partial charge in [0.05, 0.1) is 7.11 Å². The summed E-state index contributed by atoms with van der Waals surface area (Å²) >= 11 is 0. The van der Waals surface area contributed by atoms with E-state index in [0.717, 1.165) is 0 Å². The molecule has 2 rings (SSSR count). The molecule has 0 radical (unpaired) electrons. The maximum atomic E-state index is 12.0. The van der Waals surface area contributed by atoms with Crippen molar-refractivity contribution >= 4 is 17.6 Å². The van der Waals surface area contributed by atoms with Crippen LogP contribution in [0.25, 0.3) is 0 Å². The van der Waals surface area contributed by atoms with Crippen LogP contribution in [0.15, 0.2) is 36.3 Å². The number of carbonyl (C=O) groups excluding carboxylic acids is 2. The van der Waals surface area contributed by atoms with Crippen molar-refractivity contribution in [2.75, 3.05) is 25.6 Å². The summed E-state index contributed by atoms with van der Waals surface area (Å²) in [6.45, 7) is 2.12. The third kappa shape index (κ3) is 4.15. The molecule has 1 N–H and O–H groups in total. The van der Waals surface area contributed by atoms with Crippen LogP contribution >= 0.6 is 0 Å². The van der Waals surface area contributed by atoms with Gasteiger partial charge in [0, 0.05) is 11.8 Å². The predicted octanol–water partition coefficient (Wildman–Crippen LogP) is 1.45. The topological polar surface area (TPSA) is 83.1 Å². The number of hydrogen-bond acceptors (Lipinski definition) is 6. The van der Waals surface area contributed by atoms with Crippen molar-refractivity contribution in [3.05, 3.63) is 36.3 Å². The minimum Gasteiger partial charge on any atom is -0.497 e. The molecule has 0 fully saturated rings. The van der Waals surface area contributed by atoms with Crippen LogP contribution in [-0.2, 0) is 23.8 Å². The van der Waals surface area contributed by atoms with Crippen LogP contribution < -0.4 is 10.1 Å². The molecule has 1 aromatic rings. The van der Waals surface area contributed by atoms with Crippen molar-refractivity contribution in [2.45, 2.75) is 13.0 Å². The van der Waals surface area contributed by atoms with Crippen LogP contribution in [0.4, 0.5) is 5.69 Å². The van der Waals surface area contributed by atoms with Gasteiger partial charge in [0.2, 0.25) is 5.76 Å². The SMILES string of the molecule is COc1cccc(NC(=O)[C@H](C)OC(=O)C2=COCCO2)c1. The molecule has 1 aliphatic heterocycles. The van der Waals surface area contributed by atoms with Crippen LogP contribution in [0, 0.1) is 0 Å². The lowest BCUT2D eigenvalue weighted by molar-refractivity contribution is -0.153. The number of nitrogens with one attached hydrogen (secondary N) is 1. The molecule has 0 saturated carbocycles. The normalized spacial score (nSPS) is 14.7. The Morgan fingerprint density at radius 1 is 1.32 bits per heavy atom. The maximum absolute atomic E-state index is 12.0. The summed E-state index contributed by atoms with van der Waals surface area (Å²) in [5.74, 6) is -0.639. The van der Waals surface area contributed by atoms with E-state index in [1.54, 1.807) is 24.3 Å². The lowest BCUT2D eigenvalue weighted by atomic mass is 10.3. The largest absolute Gasteiger partial charge is 0.497 e. The zero-order chi connectivity index (χ0) is 15.9. The van der Waals surface area contributed by atoms with E-state index in [0.29, 0.717) is 18.0 Å². The molecular formula is C15H17NO6. The zero-order valence-corrected chi connectivity index (χ0v) is 12.3. The third-order valence-electron chi connectivity index (χ3n) is 2.84. The van der Waals surface area contributed by atoms with Crippen LogP contribution in [0.1, 0.15) is 6.92 Å². The standard InChI is InChI=1S/C15H17NO6/c1-10(22-15(18)13-9-20-6-7-21-13)14(17)16-11-4-3-5-12(8-11)19-2/h3-5,8-10H,6-7H2,1-2H3,(H,16,17)/t10-/m0/s1. The van der Waals surface area contributed by atoms with Gasteiger partial charge in [-0.2, -0.15) is 0 Å². The van der Waals surface area contributed by atoms with Crippen molar-refractivity contribution in [3.8, 4) is 5.75 Å². The van der Waals surface area contributed by atoms with Crippen LogP contribution in [-0.4, -0.2) is 38.3 Å². The number of benzene rings is 1. The molecule has 1 heterocycles. The molecule has 22 heavy (non-hydrogen) atoms. The van der Waals surface area contributed by atoms with Gasteiger partial charge in [-0.1, -0.05) is 6.07 Å². The summed E-state index contributed by atoms with van der Waals surface area (Å²) in [7, 11) is 1.53. The van der Waals surface area contributed by atoms with Crippen LogP contribution in [0.5, 0.6) is 5.75 Å². The van der Waals surface area contributed by atoms with Gasteiger partial charge >= 0.3 is 5.97 Å². The Labute approximate surface area is 127 Å². The van der Waals surface area contributed by atoms with E-state index in [1.165, 1.54) is 20.3 Å². The van der Waals surface area contributed by atoms with E-state index in [9.17, 15) is 9.59 Å². The highest BCUT2D eigenvalue weighted by molar-refractivity contribution is 5.96. The van der Waals surface area contributed by atoms with E-state index in [2.05, 4.69) is 5.32 Å². The number of amides is 1. The summed E-state index contributed by atoms with van der Waals surface area (Å²) in [6, 6.07) is 6.86. The lowest BCUT2D eigenvalue weighted by Gasteiger charge is -2.17. The third-order valence-corrected chi connectivity index (χ3v) is 2.84. The molecule has 7 nitrogen and oxygen atoms in total. The fraction of sp³-hybridized carbons (Fsp3) is 0.333. The number of methoxy groups -OCH3 is 1. The van der Waals surface area contributed by atoms with Crippen LogP contribution in [0.2, 0.25) is 0 Å². The van der Waals surface area contributed by atoms with Crippen molar-refractivity contribution in [3.63, 3.8) is 0 Å². The molecule has 0 bridgehead atoms. The van der Waals surface area contributed by atoms with Crippen molar-refractivity contribution in [2.24, 2.45) is 0 Å². The highest BCUT2D eigenvalue weighted by Gasteiger charge is 2.23. The van der Waals surface area contributed by atoms with Crippen molar-refractivity contribution in [1.29, 1.82) is 0 Å². The van der Waals surface area contributed by atoms with E-state index in [-0.39, 0.29) is 12.4 Å². The fourth-order valence-electron chi connectivity index (χ4n) is 1.69. The zero-order valence-electron chi connectivity index (χ0n) is 12.3. The molecule has 0 unspecified atom stereocenters. The highest BCUT2D eigenvalue weighted by Crippen LogP contribution is 2.17. The predicted molar refractivity (Wildman–Crippen MR) is 77.2 cm³/mol. The molecular weight excluding hydrogens is 290 g/mol. The number of carbonyl (C=O) groups is 2. The first-order valence-corrected chi connectivity index (χ1v) is 6.70. The Bertz CT molecular complexity index is 583. The number of ether oxygens (including phenoxy) is 4. The Kier molecular flexibility index (Phi) is 5.24.